The van der Waals surface area contributed by atoms with Crippen molar-refractivity contribution in [2.45, 2.75) is 6.42 Å². The van der Waals surface area contributed by atoms with Crippen molar-refractivity contribution in [1.29, 1.82) is 0 Å². The highest BCUT2D eigenvalue weighted by atomic mass is 16.3. The average Bonchev–Trinajstić information content (AvgIpc) is 2.68. The molecule has 0 aliphatic heterocycles. The van der Waals surface area contributed by atoms with Crippen molar-refractivity contribution in [1.82, 2.24) is 9.97 Å². The van der Waals surface area contributed by atoms with E-state index in [1.807, 2.05) is 12.1 Å². The highest BCUT2D eigenvalue weighted by Crippen LogP contribution is 2.07. The molecule has 2 aromatic rings. The molecule has 0 aliphatic rings. The van der Waals surface area contributed by atoms with Gasteiger partial charge < -0.3 is 10.2 Å². The molecule has 0 saturated heterocycles. The Labute approximate surface area is 86.0 Å². The first-order chi connectivity index (χ1) is 7.25. The predicted molar refractivity (Wildman–Crippen MR) is 52.1 cm³/mol. The van der Waals surface area contributed by atoms with E-state index in [1.165, 1.54) is 6.26 Å². The molecule has 5 nitrogen and oxygen atoms in total. The minimum Gasteiger partial charge on any atom is -0.448 e. The number of aromatic nitrogens is 2. The van der Waals surface area contributed by atoms with Gasteiger partial charge in [-0.05, 0) is 11.6 Å². The largest absolute Gasteiger partial charge is 0.448 e. The van der Waals surface area contributed by atoms with Gasteiger partial charge in [0.05, 0.1) is 6.42 Å². The highest BCUT2D eigenvalue weighted by Gasteiger charge is 2.08. The molecule has 0 atom stereocenters. The highest BCUT2D eigenvalue weighted by molar-refractivity contribution is 5.90. The van der Waals surface area contributed by atoms with Crippen LogP contribution in [-0.2, 0) is 6.42 Å². The maximum Gasteiger partial charge on any atom is 0.270 e. The number of rotatable bonds is 3. The molecule has 15 heavy (non-hydrogen) atoms. The fourth-order valence-corrected chi connectivity index (χ4v) is 1.18. The van der Waals surface area contributed by atoms with Gasteiger partial charge in [-0.15, -0.1) is 0 Å². The molecule has 0 fully saturated rings. The summed E-state index contributed by atoms with van der Waals surface area (Å²) in [7, 11) is 0. The van der Waals surface area contributed by atoms with Gasteiger partial charge >= 0.3 is 0 Å². The summed E-state index contributed by atoms with van der Waals surface area (Å²) >= 11 is 0. The number of pyridine rings is 1. The van der Waals surface area contributed by atoms with Gasteiger partial charge in [0, 0.05) is 12.4 Å². The van der Waals surface area contributed by atoms with Crippen LogP contribution in [0, 0.1) is 0 Å². The lowest BCUT2D eigenvalue weighted by atomic mass is 10.2. The van der Waals surface area contributed by atoms with Crippen molar-refractivity contribution in [3.8, 4) is 0 Å². The van der Waals surface area contributed by atoms with Crippen LogP contribution in [0.15, 0.2) is 35.2 Å². The van der Waals surface area contributed by atoms with Crippen LogP contribution in [0.3, 0.4) is 0 Å². The number of hydrogen-bond donors (Lipinski definition) is 1. The summed E-state index contributed by atoms with van der Waals surface area (Å²) in [6.07, 6.45) is 5.16. The molecule has 0 aliphatic carbocycles. The zero-order valence-corrected chi connectivity index (χ0v) is 7.88. The van der Waals surface area contributed by atoms with E-state index in [4.69, 9.17) is 10.2 Å². The van der Waals surface area contributed by atoms with Crippen molar-refractivity contribution in [3.05, 3.63) is 47.9 Å². The Morgan fingerprint density at radius 1 is 1.53 bits per heavy atom. The summed E-state index contributed by atoms with van der Waals surface area (Å²) in [5, 5.41) is 0. The third-order valence-electron chi connectivity index (χ3n) is 1.88. The van der Waals surface area contributed by atoms with Crippen molar-refractivity contribution in [2.24, 2.45) is 5.73 Å². The number of hydrogen-bond acceptors (Lipinski definition) is 4. The van der Waals surface area contributed by atoms with Crippen LogP contribution in [-0.4, -0.2) is 15.9 Å². The lowest BCUT2D eigenvalue weighted by Crippen LogP contribution is -2.11. The minimum absolute atomic E-state index is 0.147. The molecule has 2 heterocycles. The van der Waals surface area contributed by atoms with Crippen LogP contribution in [0.5, 0.6) is 0 Å². The van der Waals surface area contributed by atoms with Crippen molar-refractivity contribution in [3.63, 3.8) is 0 Å². The summed E-state index contributed by atoms with van der Waals surface area (Å²) < 4.78 is 5.09. The fourth-order valence-electron chi connectivity index (χ4n) is 1.18. The lowest BCUT2D eigenvalue weighted by Gasteiger charge is -1.94. The zero-order valence-electron chi connectivity index (χ0n) is 7.88. The molecule has 0 bridgehead atoms. The van der Waals surface area contributed by atoms with Crippen LogP contribution in [0.1, 0.15) is 21.9 Å². The van der Waals surface area contributed by atoms with Gasteiger partial charge in [0.2, 0.25) is 0 Å². The van der Waals surface area contributed by atoms with E-state index in [-0.39, 0.29) is 5.69 Å². The Morgan fingerprint density at radius 3 is 3.00 bits per heavy atom. The Morgan fingerprint density at radius 2 is 2.40 bits per heavy atom. The zero-order chi connectivity index (χ0) is 10.7. The van der Waals surface area contributed by atoms with E-state index >= 15 is 0 Å². The van der Waals surface area contributed by atoms with E-state index in [0.29, 0.717) is 12.3 Å². The van der Waals surface area contributed by atoms with Crippen LogP contribution in [0.2, 0.25) is 0 Å². The first-order valence-corrected chi connectivity index (χ1v) is 4.39. The fraction of sp³-hybridized carbons (Fsp3) is 0.100. The smallest absolute Gasteiger partial charge is 0.270 e. The van der Waals surface area contributed by atoms with E-state index in [0.717, 1.165) is 5.56 Å². The third kappa shape index (κ3) is 2.19. The molecule has 2 N–H and O–H groups in total. The van der Waals surface area contributed by atoms with Crippen LogP contribution >= 0.6 is 0 Å². The normalized spacial score (nSPS) is 10.1. The number of carbonyl (C=O) groups excluding carboxylic acids is 1. The monoisotopic (exact) mass is 203 g/mol. The molecule has 0 spiro atoms. The molecule has 5 heteroatoms. The topological polar surface area (TPSA) is 82.0 Å². The summed E-state index contributed by atoms with van der Waals surface area (Å²) in [5.41, 5.74) is 6.16. The predicted octanol–water partition coefficient (Wildman–Crippen LogP) is 0.759. The molecule has 2 rings (SSSR count). The third-order valence-corrected chi connectivity index (χ3v) is 1.88. The molecule has 0 saturated carbocycles. The lowest BCUT2D eigenvalue weighted by molar-refractivity contribution is 0.0995. The number of oxazole rings is 1. The van der Waals surface area contributed by atoms with Gasteiger partial charge in [-0.3, -0.25) is 9.78 Å². The summed E-state index contributed by atoms with van der Waals surface area (Å²) in [6, 6.07) is 3.73. The maximum absolute atomic E-state index is 10.8. The van der Waals surface area contributed by atoms with Gasteiger partial charge in [-0.1, -0.05) is 6.07 Å². The average molecular weight is 203 g/mol. The second-order valence-corrected chi connectivity index (χ2v) is 3.03. The first kappa shape index (κ1) is 9.39. The van der Waals surface area contributed by atoms with Crippen molar-refractivity contribution >= 4 is 5.91 Å². The van der Waals surface area contributed by atoms with Crippen LogP contribution in [0.25, 0.3) is 0 Å². The molecule has 2 aromatic heterocycles. The van der Waals surface area contributed by atoms with Gasteiger partial charge in [0.25, 0.3) is 5.91 Å². The van der Waals surface area contributed by atoms with Gasteiger partial charge in [-0.2, -0.15) is 0 Å². The summed E-state index contributed by atoms with van der Waals surface area (Å²) in [5.74, 6) is -0.131. The molecule has 1 amide bonds. The van der Waals surface area contributed by atoms with E-state index in [1.54, 1.807) is 12.4 Å². The molecule has 0 radical (unpaired) electrons. The van der Waals surface area contributed by atoms with Crippen LogP contribution < -0.4 is 5.73 Å². The molecule has 76 valence electrons. The Balaban J connectivity index is 2.15. The quantitative estimate of drug-likeness (QED) is 0.798. The number of amides is 1. The van der Waals surface area contributed by atoms with E-state index < -0.39 is 5.91 Å². The number of nitrogens with zero attached hydrogens (tertiary/aromatic N) is 2. The first-order valence-electron chi connectivity index (χ1n) is 4.39. The van der Waals surface area contributed by atoms with Gasteiger partial charge in [0.15, 0.2) is 11.6 Å². The van der Waals surface area contributed by atoms with Crippen molar-refractivity contribution < 1.29 is 9.21 Å². The summed E-state index contributed by atoms with van der Waals surface area (Å²) in [6.45, 7) is 0. The van der Waals surface area contributed by atoms with E-state index in [2.05, 4.69) is 9.97 Å². The van der Waals surface area contributed by atoms with Crippen LogP contribution in [0.4, 0.5) is 0 Å². The Bertz CT molecular complexity index is 465. The number of carbonyl (C=O) groups is 1. The standard InChI is InChI=1S/C10H9N3O2/c11-10(14)8-6-15-9(13-8)4-7-2-1-3-12-5-7/h1-3,5-6H,4H2,(H2,11,14). The molecule has 0 unspecified atom stereocenters. The SMILES string of the molecule is NC(=O)c1coc(Cc2cccnc2)n1. The molecule has 0 aromatic carbocycles. The second kappa shape index (κ2) is 3.91. The minimum atomic E-state index is -0.587. The maximum atomic E-state index is 10.8. The Kier molecular flexibility index (Phi) is 2.45. The van der Waals surface area contributed by atoms with Gasteiger partial charge in [-0.25, -0.2) is 4.98 Å². The summed E-state index contributed by atoms with van der Waals surface area (Å²) in [4.78, 5) is 18.7. The Hall–Kier alpha value is -2.17. The number of primary amides is 1. The van der Waals surface area contributed by atoms with Crippen molar-refractivity contribution in [2.75, 3.05) is 0 Å². The van der Waals surface area contributed by atoms with Gasteiger partial charge in [0.1, 0.15) is 6.26 Å². The molecular weight excluding hydrogens is 194 g/mol. The second-order valence-electron chi connectivity index (χ2n) is 3.03. The van der Waals surface area contributed by atoms with E-state index in [9.17, 15) is 4.79 Å². The molecular formula is C10H9N3O2. The number of nitrogens with two attached hydrogens (primary N) is 1.